The zero-order valence-corrected chi connectivity index (χ0v) is 10.3. The van der Waals surface area contributed by atoms with E-state index in [-0.39, 0.29) is 5.56 Å². The standard InChI is InChI=1S/C14H14F2N2/c1-9-3-14(16)12(5-13(9)15)11-4-10(6-17-2)7-18-8-11/h3-5,7-8,17H,6H2,1-2H3. The predicted molar refractivity (Wildman–Crippen MR) is 67.1 cm³/mol. The van der Waals surface area contributed by atoms with Gasteiger partial charge in [0.2, 0.25) is 0 Å². The third kappa shape index (κ3) is 2.54. The van der Waals surface area contributed by atoms with E-state index in [1.807, 2.05) is 7.05 Å². The molecule has 0 spiro atoms. The van der Waals surface area contributed by atoms with E-state index in [1.54, 1.807) is 12.3 Å². The second-order valence-corrected chi connectivity index (χ2v) is 4.19. The van der Waals surface area contributed by atoms with Crippen molar-refractivity contribution >= 4 is 0 Å². The van der Waals surface area contributed by atoms with Gasteiger partial charge in [-0.15, -0.1) is 0 Å². The Morgan fingerprint density at radius 1 is 1.11 bits per heavy atom. The number of hydrogen-bond acceptors (Lipinski definition) is 2. The molecule has 0 radical (unpaired) electrons. The van der Waals surface area contributed by atoms with Gasteiger partial charge >= 0.3 is 0 Å². The SMILES string of the molecule is CNCc1cncc(-c2cc(F)c(C)cc2F)c1. The maximum absolute atomic E-state index is 13.8. The van der Waals surface area contributed by atoms with Crippen molar-refractivity contribution in [1.29, 1.82) is 0 Å². The topological polar surface area (TPSA) is 24.9 Å². The molecule has 0 amide bonds. The van der Waals surface area contributed by atoms with Gasteiger partial charge in [0.1, 0.15) is 11.6 Å². The number of nitrogens with zero attached hydrogens (tertiary/aromatic N) is 1. The van der Waals surface area contributed by atoms with Gasteiger partial charge < -0.3 is 5.32 Å². The monoisotopic (exact) mass is 248 g/mol. The van der Waals surface area contributed by atoms with Gasteiger partial charge in [0, 0.05) is 30.1 Å². The molecule has 94 valence electrons. The third-order valence-corrected chi connectivity index (χ3v) is 2.74. The van der Waals surface area contributed by atoms with Crippen LogP contribution in [0.15, 0.2) is 30.6 Å². The Labute approximate surface area is 105 Å². The Morgan fingerprint density at radius 2 is 1.89 bits per heavy atom. The van der Waals surface area contributed by atoms with E-state index in [9.17, 15) is 8.78 Å². The van der Waals surface area contributed by atoms with Gasteiger partial charge in [-0.05, 0) is 43.3 Å². The molecule has 0 unspecified atom stereocenters. The molecule has 1 aromatic carbocycles. The molecule has 0 aliphatic rings. The van der Waals surface area contributed by atoms with Crippen LogP contribution < -0.4 is 5.32 Å². The minimum atomic E-state index is -0.433. The van der Waals surface area contributed by atoms with Crippen molar-refractivity contribution in [2.45, 2.75) is 13.5 Å². The van der Waals surface area contributed by atoms with Crippen LogP contribution in [-0.4, -0.2) is 12.0 Å². The lowest BCUT2D eigenvalue weighted by Crippen LogP contribution is -2.05. The van der Waals surface area contributed by atoms with E-state index in [0.717, 1.165) is 5.56 Å². The predicted octanol–water partition coefficient (Wildman–Crippen LogP) is 3.05. The van der Waals surface area contributed by atoms with Crippen LogP contribution in [0.1, 0.15) is 11.1 Å². The number of pyridine rings is 1. The zero-order valence-electron chi connectivity index (χ0n) is 10.3. The first-order chi connectivity index (χ1) is 8.61. The summed E-state index contributed by atoms with van der Waals surface area (Å²) in [6, 6.07) is 4.22. The lowest BCUT2D eigenvalue weighted by atomic mass is 10.0. The Bertz CT molecular complexity index is 568. The van der Waals surface area contributed by atoms with Crippen LogP contribution >= 0.6 is 0 Å². The van der Waals surface area contributed by atoms with E-state index >= 15 is 0 Å². The smallest absolute Gasteiger partial charge is 0.131 e. The van der Waals surface area contributed by atoms with Crippen molar-refractivity contribution in [3.05, 3.63) is 53.4 Å². The van der Waals surface area contributed by atoms with Crippen LogP contribution in [0, 0.1) is 18.6 Å². The maximum atomic E-state index is 13.8. The summed E-state index contributed by atoms with van der Waals surface area (Å²) in [7, 11) is 1.82. The van der Waals surface area contributed by atoms with Crippen molar-refractivity contribution in [3.63, 3.8) is 0 Å². The van der Waals surface area contributed by atoms with Crippen molar-refractivity contribution in [2.24, 2.45) is 0 Å². The van der Waals surface area contributed by atoms with E-state index < -0.39 is 11.6 Å². The number of aryl methyl sites for hydroxylation is 1. The molecule has 0 fully saturated rings. The first-order valence-electron chi connectivity index (χ1n) is 5.66. The summed E-state index contributed by atoms with van der Waals surface area (Å²) in [6.07, 6.45) is 3.23. The summed E-state index contributed by atoms with van der Waals surface area (Å²) in [6.45, 7) is 2.18. The lowest BCUT2D eigenvalue weighted by molar-refractivity contribution is 0.595. The fourth-order valence-electron chi connectivity index (χ4n) is 1.80. The fraction of sp³-hybridized carbons (Fsp3) is 0.214. The minimum Gasteiger partial charge on any atom is -0.316 e. The Hall–Kier alpha value is -1.81. The van der Waals surface area contributed by atoms with Crippen molar-refractivity contribution in [3.8, 4) is 11.1 Å². The van der Waals surface area contributed by atoms with Crippen LogP contribution in [0.3, 0.4) is 0 Å². The van der Waals surface area contributed by atoms with Gasteiger partial charge in [-0.25, -0.2) is 8.78 Å². The molecule has 0 saturated carbocycles. The largest absolute Gasteiger partial charge is 0.316 e. The highest BCUT2D eigenvalue weighted by Gasteiger charge is 2.10. The van der Waals surface area contributed by atoms with Crippen LogP contribution in [0.5, 0.6) is 0 Å². The van der Waals surface area contributed by atoms with Gasteiger partial charge in [-0.3, -0.25) is 4.98 Å². The average Bonchev–Trinajstić information content (AvgIpc) is 2.34. The number of halogens is 2. The first kappa shape index (κ1) is 12.6. The second-order valence-electron chi connectivity index (χ2n) is 4.19. The van der Waals surface area contributed by atoms with Crippen LogP contribution in [0.4, 0.5) is 8.78 Å². The van der Waals surface area contributed by atoms with Gasteiger partial charge in [0.25, 0.3) is 0 Å². The van der Waals surface area contributed by atoms with Gasteiger partial charge in [-0.1, -0.05) is 0 Å². The quantitative estimate of drug-likeness (QED) is 0.903. The molecule has 0 aliphatic carbocycles. The minimum absolute atomic E-state index is 0.239. The Balaban J connectivity index is 2.48. The zero-order chi connectivity index (χ0) is 13.1. The highest BCUT2D eigenvalue weighted by atomic mass is 19.1. The highest BCUT2D eigenvalue weighted by molar-refractivity contribution is 5.64. The van der Waals surface area contributed by atoms with E-state index in [1.165, 1.54) is 25.3 Å². The Morgan fingerprint density at radius 3 is 2.61 bits per heavy atom. The summed E-state index contributed by atoms with van der Waals surface area (Å²) in [5.74, 6) is -0.845. The molecule has 2 rings (SSSR count). The van der Waals surface area contributed by atoms with Crippen molar-refractivity contribution in [2.75, 3.05) is 7.05 Å². The van der Waals surface area contributed by atoms with E-state index in [4.69, 9.17) is 0 Å². The van der Waals surface area contributed by atoms with Crippen LogP contribution in [0.25, 0.3) is 11.1 Å². The van der Waals surface area contributed by atoms with E-state index in [2.05, 4.69) is 10.3 Å². The number of nitrogens with one attached hydrogen (secondary N) is 1. The summed E-state index contributed by atoms with van der Waals surface area (Å²) in [5.41, 5.74) is 2.05. The molecule has 2 aromatic rings. The molecule has 0 atom stereocenters. The number of benzene rings is 1. The Kier molecular flexibility index (Phi) is 3.67. The lowest BCUT2D eigenvalue weighted by Gasteiger charge is -2.07. The summed E-state index contributed by atoms with van der Waals surface area (Å²) >= 11 is 0. The van der Waals surface area contributed by atoms with E-state index in [0.29, 0.717) is 17.7 Å². The highest BCUT2D eigenvalue weighted by Crippen LogP contribution is 2.25. The second kappa shape index (κ2) is 5.23. The molecule has 1 aromatic heterocycles. The summed E-state index contributed by atoms with van der Waals surface area (Å²) in [4.78, 5) is 4.04. The number of rotatable bonds is 3. The third-order valence-electron chi connectivity index (χ3n) is 2.74. The van der Waals surface area contributed by atoms with Crippen LogP contribution in [0.2, 0.25) is 0 Å². The molecule has 0 saturated heterocycles. The number of hydrogen-bond donors (Lipinski definition) is 1. The van der Waals surface area contributed by atoms with Gasteiger partial charge in [0.05, 0.1) is 0 Å². The maximum Gasteiger partial charge on any atom is 0.131 e. The molecule has 1 heterocycles. The number of aromatic nitrogens is 1. The molecular formula is C14H14F2N2. The van der Waals surface area contributed by atoms with Gasteiger partial charge in [0.15, 0.2) is 0 Å². The molecule has 0 bridgehead atoms. The molecule has 4 heteroatoms. The first-order valence-corrected chi connectivity index (χ1v) is 5.66. The summed E-state index contributed by atoms with van der Waals surface area (Å²) < 4.78 is 27.3. The van der Waals surface area contributed by atoms with Gasteiger partial charge in [-0.2, -0.15) is 0 Å². The fourth-order valence-corrected chi connectivity index (χ4v) is 1.80. The van der Waals surface area contributed by atoms with Crippen molar-refractivity contribution in [1.82, 2.24) is 10.3 Å². The molecule has 18 heavy (non-hydrogen) atoms. The van der Waals surface area contributed by atoms with Crippen LogP contribution in [-0.2, 0) is 6.54 Å². The molecular weight excluding hydrogens is 234 g/mol. The molecule has 1 N–H and O–H groups in total. The molecule has 0 aliphatic heterocycles. The van der Waals surface area contributed by atoms with Crippen molar-refractivity contribution < 1.29 is 8.78 Å². The molecule has 2 nitrogen and oxygen atoms in total. The average molecular weight is 248 g/mol. The normalized spacial score (nSPS) is 10.7. The summed E-state index contributed by atoms with van der Waals surface area (Å²) in [5, 5.41) is 2.99.